The summed E-state index contributed by atoms with van der Waals surface area (Å²) in [7, 11) is 2.42. The molecule has 80 valence electrons. The van der Waals surface area contributed by atoms with Crippen molar-refractivity contribution in [1.29, 1.82) is 0 Å². The summed E-state index contributed by atoms with van der Waals surface area (Å²) in [5.74, 6) is 0.0417. The normalized spacial score (nSPS) is 15.5. The molecule has 0 rings (SSSR count). The summed E-state index contributed by atoms with van der Waals surface area (Å²) >= 11 is 0. The van der Waals surface area contributed by atoms with E-state index in [-0.39, 0.29) is 5.91 Å². The summed E-state index contributed by atoms with van der Waals surface area (Å²) in [5, 5.41) is 0.352. The van der Waals surface area contributed by atoms with E-state index in [1.54, 1.807) is 14.2 Å². The van der Waals surface area contributed by atoms with Crippen LogP contribution in [0.1, 0.15) is 34.6 Å². The molecule has 0 aromatic rings. The maximum atomic E-state index is 5.39. The SMILES string of the molecule is COC(OC)[SiH](C(C)C)C(C)(C)C. The Morgan fingerprint density at radius 1 is 1.00 bits per heavy atom. The number of methoxy groups -OCH3 is 2. The van der Waals surface area contributed by atoms with E-state index in [1.165, 1.54) is 0 Å². The predicted octanol–water partition coefficient (Wildman–Crippen LogP) is 2.58. The summed E-state index contributed by atoms with van der Waals surface area (Å²) in [4.78, 5) is 0. The summed E-state index contributed by atoms with van der Waals surface area (Å²) < 4.78 is 10.8. The van der Waals surface area contributed by atoms with Gasteiger partial charge in [-0.15, -0.1) is 0 Å². The van der Waals surface area contributed by atoms with Crippen LogP contribution in [-0.2, 0) is 9.47 Å². The highest BCUT2D eigenvalue weighted by Gasteiger charge is 2.36. The van der Waals surface area contributed by atoms with E-state index in [0.717, 1.165) is 0 Å². The van der Waals surface area contributed by atoms with Crippen molar-refractivity contribution in [2.45, 2.75) is 51.1 Å². The predicted molar refractivity (Wildman–Crippen MR) is 59.8 cm³/mol. The quantitative estimate of drug-likeness (QED) is 0.517. The Labute approximate surface area is 84.2 Å². The summed E-state index contributed by atoms with van der Waals surface area (Å²) in [6, 6.07) is 0. The Morgan fingerprint density at radius 3 is 1.46 bits per heavy atom. The molecule has 0 aliphatic carbocycles. The molecule has 3 heteroatoms. The molecular weight excluding hydrogens is 180 g/mol. The van der Waals surface area contributed by atoms with Crippen molar-refractivity contribution in [2.75, 3.05) is 14.2 Å². The Bertz CT molecular complexity index is 136. The zero-order valence-corrected chi connectivity index (χ0v) is 11.2. The summed E-state index contributed by atoms with van der Waals surface area (Å²) in [6.45, 7) is 11.4. The van der Waals surface area contributed by atoms with Gasteiger partial charge in [-0.2, -0.15) is 0 Å². The van der Waals surface area contributed by atoms with Crippen LogP contribution in [0.3, 0.4) is 0 Å². The van der Waals surface area contributed by atoms with Gasteiger partial charge in [0.05, 0.1) is 0 Å². The first-order valence-corrected chi connectivity index (χ1v) is 6.81. The molecule has 1 atom stereocenters. The van der Waals surface area contributed by atoms with Crippen LogP contribution in [0.25, 0.3) is 0 Å². The molecule has 0 aromatic carbocycles. The van der Waals surface area contributed by atoms with Gasteiger partial charge in [0.15, 0.2) is 0 Å². The second-order valence-electron chi connectivity index (χ2n) is 4.98. The van der Waals surface area contributed by atoms with Crippen molar-refractivity contribution in [3.05, 3.63) is 0 Å². The Morgan fingerprint density at radius 2 is 1.38 bits per heavy atom. The molecule has 0 bridgehead atoms. The van der Waals surface area contributed by atoms with Gasteiger partial charge in [0.1, 0.15) is 14.7 Å². The van der Waals surface area contributed by atoms with Crippen LogP contribution in [0.15, 0.2) is 0 Å². The molecule has 0 N–H and O–H groups in total. The van der Waals surface area contributed by atoms with E-state index in [0.29, 0.717) is 10.6 Å². The fraction of sp³-hybridized carbons (Fsp3) is 1.00. The minimum atomic E-state index is -1.05. The molecule has 0 aliphatic rings. The molecule has 0 saturated heterocycles. The number of hydrogen-bond acceptors (Lipinski definition) is 2. The molecule has 1 unspecified atom stereocenters. The van der Waals surface area contributed by atoms with Crippen LogP contribution < -0.4 is 0 Å². The monoisotopic (exact) mass is 204 g/mol. The lowest BCUT2D eigenvalue weighted by Gasteiger charge is -2.36. The summed E-state index contributed by atoms with van der Waals surface area (Å²) in [6.07, 6.45) is 0. The first-order chi connectivity index (χ1) is 5.84. The zero-order valence-electron chi connectivity index (χ0n) is 10.0. The van der Waals surface area contributed by atoms with Crippen LogP contribution in [-0.4, -0.2) is 28.9 Å². The van der Waals surface area contributed by atoms with Crippen molar-refractivity contribution < 1.29 is 9.47 Å². The molecule has 2 nitrogen and oxygen atoms in total. The standard InChI is InChI=1S/C10H24O2Si/c1-8(2)13(10(3,4)5)9(11-6)12-7/h8-9,13H,1-7H3. The molecular formula is C10H24O2Si. The third kappa shape index (κ3) is 3.79. The van der Waals surface area contributed by atoms with Gasteiger partial charge in [0.25, 0.3) is 0 Å². The number of hydrogen-bond donors (Lipinski definition) is 0. The van der Waals surface area contributed by atoms with Crippen LogP contribution in [0, 0.1) is 0 Å². The number of rotatable bonds is 4. The first-order valence-electron chi connectivity index (χ1n) is 4.90. The second kappa shape index (κ2) is 5.13. The van der Waals surface area contributed by atoms with Gasteiger partial charge in [-0.3, -0.25) is 0 Å². The fourth-order valence-corrected chi connectivity index (χ4v) is 6.14. The van der Waals surface area contributed by atoms with Crippen LogP contribution in [0.5, 0.6) is 0 Å². The highest BCUT2D eigenvalue weighted by Crippen LogP contribution is 2.36. The van der Waals surface area contributed by atoms with Gasteiger partial charge in [-0.25, -0.2) is 0 Å². The van der Waals surface area contributed by atoms with Gasteiger partial charge in [0, 0.05) is 14.2 Å². The second-order valence-corrected chi connectivity index (χ2v) is 9.64. The third-order valence-electron chi connectivity index (χ3n) is 2.48. The average molecular weight is 204 g/mol. The van der Waals surface area contributed by atoms with Crippen molar-refractivity contribution in [1.82, 2.24) is 0 Å². The van der Waals surface area contributed by atoms with E-state index in [4.69, 9.17) is 9.47 Å². The largest absolute Gasteiger partial charge is 0.360 e. The van der Waals surface area contributed by atoms with E-state index < -0.39 is 8.80 Å². The Kier molecular flexibility index (Phi) is 5.18. The molecule has 0 spiro atoms. The van der Waals surface area contributed by atoms with Crippen molar-refractivity contribution in [3.63, 3.8) is 0 Å². The van der Waals surface area contributed by atoms with E-state index in [1.807, 2.05) is 0 Å². The van der Waals surface area contributed by atoms with Crippen molar-refractivity contribution in [3.8, 4) is 0 Å². The molecule has 0 aliphatic heterocycles. The van der Waals surface area contributed by atoms with Crippen LogP contribution in [0.2, 0.25) is 10.6 Å². The first kappa shape index (κ1) is 13.1. The van der Waals surface area contributed by atoms with Gasteiger partial charge in [-0.05, 0) is 10.6 Å². The maximum Gasteiger partial charge on any atom is 0.138 e. The maximum absolute atomic E-state index is 5.39. The molecule has 0 radical (unpaired) electrons. The molecule has 0 fully saturated rings. The summed E-state index contributed by atoms with van der Waals surface area (Å²) in [5.41, 5.74) is 0.699. The lowest BCUT2D eigenvalue weighted by molar-refractivity contribution is -0.0499. The zero-order chi connectivity index (χ0) is 10.6. The molecule has 0 aromatic heterocycles. The van der Waals surface area contributed by atoms with Crippen LogP contribution >= 0.6 is 0 Å². The van der Waals surface area contributed by atoms with Crippen molar-refractivity contribution in [2.24, 2.45) is 0 Å². The smallest absolute Gasteiger partial charge is 0.138 e. The van der Waals surface area contributed by atoms with Crippen molar-refractivity contribution >= 4 is 8.80 Å². The minimum Gasteiger partial charge on any atom is -0.360 e. The van der Waals surface area contributed by atoms with Gasteiger partial charge in [0.2, 0.25) is 0 Å². The molecule has 0 heterocycles. The van der Waals surface area contributed by atoms with Gasteiger partial charge in [-0.1, -0.05) is 34.6 Å². The minimum absolute atomic E-state index is 0.0417. The Balaban J connectivity index is 4.59. The highest BCUT2D eigenvalue weighted by atomic mass is 28.3. The highest BCUT2D eigenvalue weighted by molar-refractivity contribution is 6.64. The van der Waals surface area contributed by atoms with E-state index in [2.05, 4.69) is 34.6 Å². The fourth-order valence-electron chi connectivity index (χ4n) is 2.11. The van der Waals surface area contributed by atoms with E-state index >= 15 is 0 Å². The van der Waals surface area contributed by atoms with Gasteiger partial charge >= 0.3 is 0 Å². The Hall–Kier alpha value is 0.137. The molecule has 0 amide bonds. The number of ether oxygens (including phenoxy) is 2. The lowest BCUT2D eigenvalue weighted by Crippen LogP contribution is -2.43. The molecule has 13 heavy (non-hydrogen) atoms. The third-order valence-corrected chi connectivity index (χ3v) is 7.04. The van der Waals surface area contributed by atoms with Crippen LogP contribution in [0.4, 0.5) is 0 Å². The average Bonchev–Trinajstić information content (AvgIpc) is 1.96. The molecule has 0 saturated carbocycles. The lowest BCUT2D eigenvalue weighted by atomic mass is 10.2. The van der Waals surface area contributed by atoms with Gasteiger partial charge < -0.3 is 9.47 Å². The van der Waals surface area contributed by atoms with E-state index in [9.17, 15) is 0 Å². The topological polar surface area (TPSA) is 18.5 Å².